The molecule has 0 saturated heterocycles. The summed E-state index contributed by atoms with van der Waals surface area (Å²) in [7, 11) is -29.9. The average Bonchev–Trinajstić information content (AvgIpc) is 3.10. The Balaban J connectivity index is 6.81. The van der Waals surface area contributed by atoms with Crippen LogP contribution in [0, 0.1) is 23.7 Å². The lowest BCUT2D eigenvalue weighted by molar-refractivity contribution is 0.126. The number of ether oxygens (including phenoxy) is 2. The van der Waals surface area contributed by atoms with Crippen LogP contribution in [0.15, 0.2) is 0 Å². The van der Waals surface area contributed by atoms with Gasteiger partial charge in [0.15, 0.2) is 33.3 Å². The van der Waals surface area contributed by atoms with Crippen molar-refractivity contribution in [2.45, 2.75) is 281 Å². The van der Waals surface area contributed by atoms with Crippen LogP contribution in [0.3, 0.4) is 0 Å². The van der Waals surface area contributed by atoms with Gasteiger partial charge in [0.2, 0.25) is 0 Å². The molecule has 0 aliphatic heterocycles. The first kappa shape index (κ1) is 77.1. The molecule has 0 aromatic carbocycles. The van der Waals surface area contributed by atoms with Crippen LogP contribution in [0.25, 0.3) is 0 Å². The summed E-state index contributed by atoms with van der Waals surface area (Å²) in [4.78, 5) is 0. The highest BCUT2D eigenvalue weighted by Crippen LogP contribution is 2.38. The maximum Gasteiger partial charge on any atom is 0.317 e. The van der Waals surface area contributed by atoms with E-state index in [1.165, 1.54) is 25.7 Å². The summed E-state index contributed by atoms with van der Waals surface area (Å²) < 4.78 is 84.8. The quantitative estimate of drug-likeness (QED) is 0.0428. The molecule has 0 amide bonds. The molecule has 0 spiro atoms. The van der Waals surface area contributed by atoms with Crippen molar-refractivity contribution in [3.63, 3.8) is 0 Å². The molecule has 75 heavy (non-hydrogen) atoms. The van der Waals surface area contributed by atoms with Crippen LogP contribution < -0.4 is 0 Å². The zero-order valence-corrected chi connectivity index (χ0v) is 67.2. The highest BCUT2D eigenvalue weighted by atomic mass is 28.5. The fourth-order valence-electron chi connectivity index (χ4n) is 11.2. The Morgan fingerprint density at radius 3 is 0.773 bits per heavy atom. The van der Waals surface area contributed by atoms with E-state index in [0.29, 0.717) is 11.8 Å². The van der Waals surface area contributed by atoms with E-state index in [9.17, 15) is 0 Å². The van der Waals surface area contributed by atoms with Gasteiger partial charge in [0.1, 0.15) is 0 Å². The van der Waals surface area contributed by atoms with Gasteiger partial charge in [-0.15, -0.1) is 0 Å². The second-order valence-electron chi connectivity index (χ2n) is 29.2. The van der Waals surface area contributed by atoms with Crippen LogP contribution in [0.2, 0.25) is 181 Å². The monoisotopic (exact) mass is 1270 g/mol. The molecular weight excluding hydrogens is 1140 g/mol. The third-order valence-corrected chi connectivity index (χ3v) is 57.1. The molecule has 0 fully saturated rings. The van der Waals surface area contributed by atoms with Crippen molar-refractivity contribution in [1.29, 1.82) is 0 Å². The second kappa shape index (κ2) is 32.4. The predicted molar refractivity (Wildman–Crippen MR) is 351 cm³/mol. The smallest absolute Gasteiger partial charge is 0.317 e. The molecule has 0 aliphatic carbocycles. The van der Waals surface area contributed by atoms with Crippen molar-refractivity contribution in [3.05, 3.63) is 0 Å². The first-order chi connectivity index (χ1) is 33.5. The van der Waals surface area contributed by atoms with E-state index in [-0.39, 0.29) is 0 Å². The zero-order valence-electron chi connectivity index (χ0n) is 55.2. The molecule has 24 heteroatoms. The minimum absolute atomic E-state index is 0.291. The van der Waals surface area contributed by atoms with Gasteiger partial charge in [-0.25, -0.2) is 0 Å². The minimum Gasteiger partial charge on any atom is -0.437 e. The van der Waals surface area contributed by atoms with Crippen molar-refractivity contribution < 1.29 is 50.6 Å². The summed E-state index contributed by atoms with van der Waals surface area (Å²) in [5.74, 6) is 2.07. The van der Waals surface area contributed by atoms with Gasteiger partial charge < -0.3 is 50.6 Å². The summed E-state index contributed by atoms with van der Waals surface area (Å²) >= 11 is 0. The average molecular weight is 1270 g/mol. The van der Waals surface area contributed by atoms with Gasteiger partial charge in [0.05, 0.1) is 0 Å². The largest absolute Gasteiger partial charge is 0.437 e. The molecule has 0 saturated carbocycles. The first-order valence-electron chi connectivity index (χ1n) is 29.6. The molecular formula is C51H128O12Si12. The van der Waals surface area contributed by atoms with Gasteiger partial charge in [-0.1, -0.05) is 54.4 Å². The van der Waals surface area contributed by atoms with Crippen molar-refractivity contribution in [2.24, 2.45) is 23.7 Å². The molecule has 8 unspecified atom stereocenters. The summed E-state index contributed by atoms with van der Waals surface area (Å²) in [5.41, 5.74) is 0. The standard InChI is InChI=1S/C51H128O12Si12/c1-31-48(3)37-33-39-52-41-35-43-72(27,56-66(13,14)15)58-70(23,24)62-74(29,60-68(19,20)54-64(7,8)9)46-50(5)45-51(6)47-75(30,61-69(21,22)55-65(10,11)12)63-71(25,26)59-73(28,57-67(16,17)18)44-36-42-53-40-34-38-49(4)32-2/h48-51H,31-47H2,1-30H3. The number of hydrogen-bond donors (Lipinski definition) is 0. The van der Waals surface area contributed by atoms with E-state index in [0.717, 1.165) is 94.5 Å². The van der Waals surface area contributed by atoms with Crippen molar-refractivity contribution in [3.8, 4) is 0 Å². The van der Waals surface area contributed by atoms with E-state index < -0.39 is 102 Å². The third-order valence-electron chi connectivity index (χ3n) is 12.4. The molecule has 452 valence electrons. The van der Waals surface area contributed by atoms with Crippen LogP contribution in [0.1, 0.15) is 99.3 Å². The van der Waals surface area contributed by atoms with Crippen molar-refractivity contribution in [1.82, 2.24) is 0 Å². The van der Waals surface area contributed by atoms with Gasteiger partial charge in [-0.05, 0) is 250 Å². The molecule has 0 radical (unpaired) electrons. The zero-order chi connectivity index (χ0) is 58.8. The summed E-state index contributed by atoms with van der Waals surface area (Å²) in [6.45, 7) is 70.9. The van der Waals surface area contributed by atoms with E-state index >= 15 is 0 Å². The second-order valence-corrected chi connectivity index (χ2v) is 76.4. The lowest BCUT2D eigenvalue weighted by atomic mass is 10.0. The van der Waals surface area contributed by atoms with Gasteiger partial charge in [0, 0.05) is 26.4 Å². The Labute approximate surface area is 479 Å². The fraction of sp³-hybridized carbons (Fsp3) is 1.00. The lowest BCUT2D eigenvalue weighted by Gasteiger charge is -2.46. The van der Waals surface area contributed by atoms with Crippen molar-refractivity contribution >= 4 is 102 Å². The van der Waals surface area contributed by atoms with Crippen LogP contribution in [0.4, 0.5) is 0 Å². The molecule has 0 bridgehead atoms. The third kappa shape index (κ3) is 40.1. The van der Waals surface area contributed by atoms with Crippen LogP contribution in [0.5, 0.6) is 0 Å². The maximum atomic E-state index is 7.53. The van der Waals surface area contributed by atoms with E-state index in [4.69, 9.17) is 50.6 Å². The van der Waals surface area contributed by atoms with E-state index in [2.05, 4.69) is 199 Å². The van der Waals surface area contributed by atoms with Crippen LogP contribution in [-0.2, 0) is 50.6 Å². The van der Waals surface area contributed by atoms with E-state index in [1.54, 1.807) is 0 Å². The maximum absolute atomic E-state index is 7.53. The fourth-order valence-corrected chi connectivity index (χ4v) is 70.1. The molecule has 0 N–H and O–H groups in total. The van der Waals surface area contributed by atoms with Gasteiger partial charge >= 0.3 is 68.5 Å². The Kier molecular flexibility index (Phi) is 33.3. The topological polar surface area (TPSA) is 111 Å². The van der Waals surface area contributed by atoms with E-state index in [1.807, 2.05) is 0 Å². The molecule has 0 aromatic rings. The number of hydrogen-bond acceptors (Lipinski definition) is 12. The van der Waals surface area contributed by atoms with Crippen LogP contribution >= 0.6 is 0 Å². The Morgan fingerprint density at radius 2 is 0.520 bits per heavy atom. The molecule has 0 aliphatic rings. The molecule has 0 aromatic heterocycles. The van der Waals surface area contributed by atoms with Crippen LogP contribution in [-0.4, -0.2) is 128 Å². The SMILES string of the molecule is CCC(C)CCCOCCC[Si](C)(O[Si](C)(C)C)O[Si](C)(C)O[Si](C)(CC(C)CC(C)C[Si](C)(O[Si](C)(C)O[Si](C)(C)C)O[Si](C)(C)O[Si](C)(CCCOCCCC(C)CC)O[Si](C)(C)C)O[Si](C)(C)O[Si](C)(C)C. The highest BCUT2D eigenvalue weighted by Gasteiger charge is 2.53. The lowest BCUT2D eigenvalue weighted by Crippen LogP contribution is -2.61. The molecule has 0 heterocycles. The summed E-state index contributed by atoms with van der Waals surface area (Å²) in [6.07, 6.45) is 9.88. The summed E-state index contributed by atoms with van der Waals surface area (Å²) in [6, 6.07) is 3.38. The molecule has 12 nitrogen and oxygen atoms in total. The highest BCUT2D eigenvalue weighted by molar-refractivity contribution is 6.93. The molecule has 0 rings (SSSR count). The Bertz CT molecular complexity index is 1470. The normalized spacial score (nSPS) is 19.0. The predicted octanol–water partition coefficient (Wildman–Crippen LogP) is 17.7. The van der Waals surface area contributed by atoms with Gasteiger partial charge in [0.25, 0.3) is 0 Å². The number of rotatable bonds is 44. The van der Waals surface area contributed by atoms with Gasteiger partial charge in [-0.3, -0.25) is 0 Å². The Hall–Kier alpha value is 2.12. The van der Waals surface area contributed by atoms with Crippen molar-refractivity contribution in [2.75, 3.05) is 26.4 Å². The van der Waals surface area contributed by atoms with Gasteiger partial charge in [-0.2, -0.15) is 0 Å². The molecule has 8 atom stereocenters. The Morgan fingerprint density at radius 1 is 0.280 bits per heavy atom. The first-order valence-corrected chi connectivity index (χ1v) is 64.6. The summed E-state index contributed by atoms with van der Waals surface area (Å²) in [5, 5.41) is 0. The minimum atomic E-state index is -2.95.